The van der Waals surface area contributed by atoms with E-state index in [1.807, 2.05) is 26.0 Å². The number of nitrogens with zero attached hydrogens (tertiary/aromatic N) is 1. The first-order chi connectivity index (χ1) is 16.3. The smallest absolute Gasteiger partial charge is 0.300 e. The first-order valence-electron chi connectivity index (χ1n) is 10.7. The van der Waals surface area contributed by atoms with E-state index in [9.17, 15) is 19.8 Å². The number of ether oxygens (including phenoxy) is 2. The monoisotopic (exact) mass is 459 g/mol. The predicted octanol–water partition coefficient (Wildman–Crippen LogP) is 4.65. The first-order valence-corrected chi connectivity index (χ1v) is 10.7. The summed E-state index contributed by atoms with van der Waals surface area (Å²) in [6, 6.07) is 15.6. The van der Waals surface area contributed by atoms with E-state index in [4.69, 9.17) is 9.47 Å². The molecule has 0 aliphatic carbocycles. The zero-order valence-corrected chi connectivity index (χ0v) is 19.3. The summed E-state index contributed by atoms with van der Waals surface area (Å²) in [7, 11) is 2.93. The highest BCUT2D eigenvalue weighted by Crippen LogP contribution is 2.44. The number of methoxy groups -OCH3 is 2. The summed E-state index contributed by atoms with van der Waals surface area (Å²) in [6.07, 6.45) is 0. The number of phenolic OH excluding ortho intramolecular Hbond substituents is 1. The van der Waals surface area contributed by atoms with E-state index in [0.717, 1.165) is 11.1 Å². The highest BCUT2D eigenvalue weighted by atomic mass is 16.5. The van der Waals surface area contributed by atoms with Gasteiger partial charge in [-0.05, 0) is 73.0 Å². The number of carbonyl (C=O) groups is 2. The van der Waals surface area contributed by atoms with Crippen LogP contribution in [0, 0.1) is 13.8 Å². The number of aliphatic hydroxyl groups is 1. The number of benzene rings is 3. The number of hydrogen-bond donors (Lipinski definition) is 2. The Hall–Kier alpha value is -4.26. The molecule has 1 fully saturated rings. The van der Waals surface area contributed by atoms with Gasteiger partial charge < -0.3 is 19.7 Å². The summed E-state index contributed by atoms with van der Waals surface area (Å²) < 4.78 is 10.7. The Morgan fingerprint density at radius 2 is 1.59 bits per heavy atom. The molecule has 1 saturated heterocycles. The van der Waals surface area contributed by atoms with Crippen molar-refractivity contribution in [3.63, 3.8) is 0 Å². The summed E-state index contributed by atoms with van der Waals surface area (Å²) >= 11 is 0. The third-order valence-corrected chi connectivity index (χ3v) is 6.08. The summed E-state index contributed by atoms with van der Waals surface area (Å²) in [5.74, 6) is -1.14. The third-order valence-electron chi connectivity index (χ3n) is 6.08. The van der Waals surface area contributed by atoms with Crippen LogP contribution in [0.4, 0.5) is 5.69 Å². The SMILES string of the molecule is COc1ccc(OC)c(/C(O)=C2\C(=O)C(=O)N(c3ccc(C)c(C)c3)C2c2ccc(O)cc2)c1. The fraction of sp³-hybridized carbons (Fsp3) is 0.185. The highest BCUT2D eigenvalue weighted by molar-refractivity contribution is 6.51. The number of carbonyl (C=O) groups excluding carboxylic acids is 2. The van der Waals surface area contributed by atoms with E-state index < -0.39 is 17.7 Å². The van der Waals surface area contributed by atoms with Gasteiger partial charge in [-0.3, -0.25) is 14.5 Å². The van der Waals surface area contributed by atoms with Gasteiger partial charge in [0.2, 0.25) is 0 Å². The van der Waals surface area contributed by atoms with Crippen LogP contribution in [0.5, 0.6) is 17.2 Å². The van der Waals surface area contributed by atoms with Crippen molar-refractivity contribution in [2.75, 3.05) is 19.1 Å². The number of hydrogen-bond acceptors (Lipinski definition) is 6. The lowest BCUT2D eigenvalue weighted by molar-refractivity contribution is -0.132. The van der Waals surface area contributed by atoms with Gasteiger partial charge in [-0.15, -0.1) is 0 Å². The minimum absolute atomic E-state index is 0.0429. The Labute approximate surface area is 197 Å². The number of aryl methyl sites for hydroxylation is 2. The van der Waals surface area contributed by atoms with Crippen molar-refractivity contribution < 1.29 is 29.3 Å². The van der Waals surface area contributed by atoms with Gasteiger partial charge in [0.1, 0.15) is 23.0 Å². The molecule has 0 saturated carbocycles. The fourth-order valence-corrected chi connectivity index (χ4v) is 4.09. The lowest BCUT2D eigenvalue weighted by Gasteiger charge is -2.26. The van der Waals surface area contributed by atoms with Crippen molar-refractivity contribution in [2.45, 2.75) is 19.9 Å². The quantitative estimate of drug-likeness (QED) is 0.328. The van der Waals surface area contributed by atoms with Crippen LogP contribution >= 0.6 is 0 Å². The maximum Gasteiger partial charge on any atom is 0.300 e. The normalized spacial score (nSPS) is 17.2. The number of Topliss-reactive ketones (excluding diaryl/α,β-unsaturated/α-hetero) is 1. The highest BCUT2D eigenvalue weighted by Gasteiger charge is 2.47. The van der Waals surface area contributed by atoms with Gasteiger partial charge in [0.15, 0.2) is 0 Å². The van der Waals surface area contributed by atoms with Gasteiger partial charge >= 0.3 is 0 Å². The van der Waals surface area contributed by atoms with Crippen LogP contribution in [0.1, 0.15) is 28.3 Å². The van der Waals surface area contributed by atoms with Gasteiger partial charge in [0.25, 0.3) is 11.7 Å². The molecule has 1 aliphatic rings. The van der Waals surface area contributed by atoms with Crippen molar-refractivity contribution in [2.24, 2.45) is 0 Å². The van der Waals surface area contributed by atoms with Crippen LogP contribution in [-0.4, -0.2) is 36.1 Å². The Morgan fingerprint density at radius 1 is 0.882 bits per heavy atom. The van der Waals surface area contributed by atoms with Crippen LogP contribution in [0.2, 0.25) is 0 Å². The summed E-state index contributed by atoms with van der Waals surface area (Å²) in [6.45, 7) is 3.88. The van der Waals surface area contributed by atoms with Crippen molar-refractivity contribution in [1.29, 1.82) is 0 Å². The average Bonchev–Trinajstić information content (AvgIpc) is 3.10. The van der Waals surface area contributed by atoms with E-state index in [-0.39, 0.29) is 22.6 Å². The molecule has 1 heterocycles. The summed E-state index contributed by atoms with van der Waals surface area (Å²) in [5.41, 5.74) is 3.23. The molecule has 0 radical (unpaired) electrons. The number of ketones is 1. The molecule has 0 bridgehead atoms. The molecule has 0 aromatic heterocycles. The van der Waals surface area contributed by atoms with Crippen LogP contribution < -0.4 is 14.4 Å². The van der Waals surface area contributed by atoms with E-state index in [1.165, 1.54) is 31.3 Å². The van der Waals surface area contributed by atoms with Gasteiger partial charge in [-0.1, -0.05) is 18.2 Å². The number of amides is 1. The molecular weight excluding hydrogens is 434 g/mol. The van der Waals surface area contributed by atoms with Crippen LogP contribution in [-0.2, 0) is 9.59 Å². The molecule has 1 atom stereocenters. The second kappa shape index (κ2) is 8.94. The molecule has 0 spiro atoms. The standard InChI is InChI=1S/C27H25NO6/c1-15-5-8-18(13-16(15)2)28-24(17-6-9-19(29)10-7-17)23(26(31)27(28)32)25(30)21-14-20(33-3)11-12-22(21)34-4/h5-14,24,29-30H,1-4H3/b25-23+. The van der Waals surface area contributed by atoms with E-state index in [2.05, 4.69) is 0 Å². The molecule has 7 heteroatoms. The van der Waals surface area contributed by atoms with Gasteiger partial charge in [0, 0.05) is 5.69 Å². The number of phenols is 1. The molecule has 1 aliphatic heterocycles. The Kier molecular flexibility index (Phi) is 6.03. The maximum atomic E-state index is 13.3. The lowest BCUT2D eigenvalue weighted by atomic mass is 9.94. The van der Waals surface area contributed by atoms with Crippen molar-refractivity contribution in [1.82, 2.24) is 0 Å². The third kappa shape index (κ3) is 3.85. The Morgan fingerprint density at radius 3 is 2.21 bits per heavy atom. The van der Waals surface area contributed by atoms with Gasteiger partial charge in [0.05, 0.1) is 31.4 Å². The number of anilines is 1. The largest absolute Gasteiger partial charge is 0.508 e. The van der Waals surface area contributed by atoms with Gasteiger partial charge in [-0.25, -0.2) is 0 Å². The number of rotatable bonds is 5. The number of aromatic hydroxyl groups is 1. The zero-order chi connectivity index (χ0) is 24.6. The molecule has 2 N–H and O–H groups in total. The molecule has 3 aromatic rings. The number of aliphatic hydroxyl groups excluding tert-OH is 1. The average molecular weight is 459 g/mol. The van der Waals surface area contributed by atoms with Crippen molar-refractivity contribution in [3.8, 4) is 17.2 Å². The van der Waals surface area contributed by atoms with E-state index >= 15 is 0 Å². The summed E-state index contributed by atoms with van der Waals surface area (Å²) in [5, 5.41) is 21.2. The minimum atomic E-state index is -0.918. The Balaban J connectivity index is 1.99. The molecule has 1 amide bonds. The Bertz CT molecular complexity index is 1310. The van der Waals surface area contributed by atoms with E-state index in [1.54, 1.807) is 36.4 Å². The van der Waals surface area contributed by atoms with Crippen LogP contribution in [0.15, 0.2) is 66.2 Å². The molecule has 34 heavy (non-hydrogen) atoms. The van der Waals surface area contributed by atoms with Crippen molar-refractivity contribution in [3.05, 3.63) is 88.5 Å². The van der Waals surface area contributed by atoms with E-state index in [0.29, 0.717) is 22.7 Å². The topological polar surface area (TPSA) is 96.3 Å². The van der Waals surface area contributed by atoms with Crippen LogP contribution in [0.25, 0.3) is 5.76 Å². The molecule has 3 aromatic carbocycles. The summed E-state index contributed by atoms with van der Waals surface area (Å²) in [4.78, 5) is 28.0. The maximum absolute atomic E-state index is 13.3. The van der Waals surface area contributed by atoms with Crippen LogP contribution in [0.3, 0.4) is 0 Å². The molecule has 7 nitrogen and oxygen atoms in total. The first kappa shape index (κ1) is 22.9. The second-order valence-electron chi connectivity index (χ2n) is 8.10. The predicted molar refractivity (Wildman–Crippen MR) is 128 cm³/mol. The van der Waals surface area contributed by atoms with Crippen molar-refractivity contribution >= 4 is 23.1 Å². The fourth-order valence-electron chi connectivity index (χ4n) is 4.09. The molecule has 1 unspecified atom stereocenters. The molecular formula is C27H25NO6. The minimum Gasteiger partial charge on any atom is -0.508 e. The lowest BCUT2D eigenvalue weighted by Crippen LogP contribution is -2.29. The second-order valence-corrected chi connectivity index (χ2v) is 8.10. The molecule has 4 rings (SSSR count). The van der Waals surface area contributed by atoms with Gasteiger partial charge in [-0.2, -0.15) is 0 Å². The zero-order valence-electron chi connectivity index (χ0n) is 19.3. The molecule has 174 valence electrons.